The van der Waals surface area contributed by atoms with Gasteiger partial charge in [0.1, 0.15) is 0 Å². The summed E-state index contributed by atoms with van der Waals surface area (Å²) in [5.74, 6) is -1.33. The molecular formula is C40H48F4O. The first kappa shape index (κ1) is 33.3. The molecule has 5 rings (SSSR count). The fourth-order valence-electron chi connectivity index (χ4n) is 7.68. The minimum Gasteiger partial charge on any atom is -0.490 e. The molecule has 0 bridgehead atoms. The van der Waals surface area contributed by atoms with Gasteiger partial charge in [0.2, 0.25) is 5.82 Å². The van der Waals surface area contributed by atoms with Crippen LogP contribution in [0.5, 0.6) is 5.75 Å². The molecule has 0 spiro atoms. The Balaban J connectivity index is 1.19. The van der Waals surface area contributed by atoms with Crippen LogP contribution in [0.2, 0.25) is 0 Å². The predicted molar refractivity (Wildman–Crippen MR) is 176 cm³/mol. The molecule has 0 unspecified atom stereocenters. The second-order valence-electron chi connectivity index (χ2n) is 13.2. The van der Waals surface area contributed by atoms with E-state index in [1.54, 1.807) is 36.4 Å². The van der Waals surface area contributed by atoms with Crippen molar-refractivity contribution in [2.75, 3.05) is 6.61 Å². The van der Waals surface area contributed by atoms with Crippen LogP contribution in [0.4, 0.5) is 17.6 Å². The number of benzene rings is 3. The Kier molecular flexibility index (Phi) is 11.8. The van der Waals surface area contributed by atoms with Gasteiger partial charge in [0.25, 0.3) is 0 Å². The Morgan fingerprint density at radius 3 is 1.84 bits per heavy atom. The van der Waals surface area contributed by atoms with Gasteiger partial charge in [0.05, 0.1) is 6.61 Å². The van der Waals surface area contributed by atoms with E-state index < -0.39 is 23.3 Å². The topological polar surface area (TPSA) is 9.23 Å². The summed E-state index contributed by atoms with van der Waals surface area (Å²) in [6, 6.07) is 12.8. The van der Waals surface area contributed by atoms with E-state index in [4.69, 9.17) is 4.74 Å². The molecule has 242 valence electrons. The average Bonchev–Trinajstić information content (AvgIpc) is 3.07. The molecule has 0 radical (unpaired) electrons. The highest BCUT2D eigenvalue weighted by Crippen LogP contribution is 2.45. The summed E-state index contributed by atoms with van der Waals surface area (Å²) >= 11 is 0. The van der Waals surface area contributed by atoms with E-state index in [-0.39, 0.29) is 22.8 Å². The molecule has 1 nitrogen and oxygen atoms in total. The van der Waals surface area contributed by atoms with Crippen molar-refractivity contribution >= 4 is 0 Å². The fourth-order valence-corrected chi connectivity index (χ4v) is 7.68. The Bertz CT molecular complexity index is 1410. The highest BCUT2D eigenvalue weighted by atomic mass is 19.2. The van der Waals surface area contributed by atoms with Gasteiger partial charge in [-0.05, 0) is 117 Å². The molecule has 2 aliphatic rings. The van der Waals surface area contributed by atoms with Gasteiger partial charge in [-0.15, -0.1) is 0 Å². The molecule has 2 aliphatic carbocycles. The van der Waals surface area contributed by atoms with Gasteiger partial charge >= 0.3 is 0 Å². The molecule has 5 heteroatoms. The Morgan fingerprint density at radius 1 is 0.667 bits per heavy atom. The Hall–Kier alpha value is -3.08. The quantitative estimate of drug-likeness (QED) is 0.111. The molecule has 3 aromatic carbocycles. The maximum absolute atomic E-state index is 15.5. The van der Waals surface area contributed by atoms with Crippen molar-refractivity contribution in [2.45, 2.75) is 103 Å². The van der Waals surface area contributed by atoms with Gasteiger partial charge in [-0.1, -0.05) is 81.2 Å². The predicted octanol–water partition coefficient (Wildman–Crippen LogP) is 12.6. The van der Waals surface area contributed by atoms with Gasteiger partial charge in [-0.2, -0.15) is 4.39 Å². The summed E-state index contributed by atoms with van der Waals surface area (Å²) in [7, 11) is 0. The third-order valence-electron chi connectivity index (χ3n) is 10.4. The molecule has 0 aromatic heterocycles. The van der Waals surface area contributed by atoms with Crippen LogP contribution in [0.3, 0.4) is 0 Å². The van der Waals surface area contributed by atoms with E-state index in [1.807, 2.05) is 0 Å². The number of rotatable bonds is 12. The number of hydrogen-bond donors (Lipinski definition) is 0. The highest BCUT2D eigenvalue weighted by Gasteiger charge is 2.32. The van der Waals surface area contributed by atoms with Crippen LogP contribution in [-0.2, 0) is 0 Å². The minimum absolute atomic E-state index is 0.0424. The van der Waals surface area contributed by atoms with Crippen LogP contribution in [0.25, 0.3) is 22.3 Å². The van der Waals surface area contributed by atoms with Crippen LogP contribution < -0.4 is 4.74 Å². The van der Waals surface area contributed by atoms with Crippen molar-refractivity contribution in [3.8, 4) is 28.0 Å². The molecule has 0 N–H and O–H groups in total. The molecule has 0 aliphatic heterocycles. The molecule has 45 heavy (non-hydrogen) atoms. The molecule has 2 fully saturated rings. The summed E-state index contributed by atoms with van der Waals surface area (Å²) in [6.07, 6.45) is 18.9. The van der Waals surface area contributed by atoms with Gasteiger partial charge in [0, 0.05) is 11.1 Å². The van der Waals surface area contributed by atoms with Crippen molar-refractivity contribution < 1.29 is 22.3 Å². The lowest BCUT2D eigenvalue weighted by Crippen LogP contribution is -2.25. The monoisotopic (exact) mass is 620 g/mol. The lowest BCUT2D eigenvalue weighted by atomic mass is 9.68. The first-order valence-electron chi connectivity index (χ1n) is 17.2. The summed E-state index contributed by atoms with van der Waals surface area (Å²) in [5, 5.41) is 0. The third kappa shape index (κ3) is 8.02. The number of halogens is 4. The number of allylic oxidation sites excluding steroid dienone is 2. The normalized spacial score (nSPS) is 22.2. The van der Waals surface area contributed by atoms with Crippen molar-refractivity contribution in [1.29, 1.82) is 0 Å². The first-order valence-corrected chi connectivity index (χ1v) is 17.2. The van der Waals surface area contributed by atoms with Gasteiger partial charge < -0.3 is 4.74 Å². The zero-order valence-corrected chi connectivity index (χ0v) is 26.9. The lowest BCUT2D eigenvalue weighted by Gasteiger charge is -2.38. The van der Waals surface area contributed by atoms with E-state index in [1.165, 1.54) is 50.7 Å². The zero-order chi connectivity index (χ0) is 31.8. The van der Waals surface area contributed by atoms with Crippen LogP contribution in [-0.4, -0.2) is 6.61 Å². The van der Waals surface area contributed by atoms with Crippen molar-refractivity contribution in [3.63, 3.8) is 0 Å². The van der Waals surface area contributed by atoms with Gasteiger partial charge in [-0.3, -0.25) is 0 Å². The SMILES string of the molecule is C/C=C/CCC1CCC(C2CCC(c3ccc(-c4ccc(-c5ccc(OCCCCC)c(F)c5F)cc4)c(F)c3F)CC2)CC1. The molecule has 2 saturated carbocycles. The van der Waals surface area contributed by atoms with Crippen molar-refractivity contribution in [2.24, 2.45) is 17.8 Å². The Morgan fingerprint density at radius 2 is 1.24 bits per heavy atom. The first-order chi connectivity index (χ1) is 21.9. The Labute approximate surface area is 267 Å². The number of ether oxygens (including phenoxy) is 1. The molecule has 0 heterocycles. The smallest absolute Gasteiger partial charge is 0.201 e. The minimum atomic E-state index is -1.02. The fraction of sp³-hybridized carbons (Fsp3) is 0.500. The summed E-state index contributed by atoms with van der Waals surface area (Å²) < 4.78 is 65.9. The van der Waals surface area contributed by atoms with Gasteiger partial charge in [-0.25, -0.2) is 13.2 Å². The largest absolute Gasteiger partial charge is 0.490 e. The number of hydrogen-bond acceptors (Lipinski definition) is 1. The van der Waals surface area contributed by atoms with E-state index in [0.717, 1.165) is 56.8 Å². The van der Waals surface area contributed by atoms with Crippen molar-refractivity contribution in [3.05, 3.63) is 89.5 Å². The highest BCUT2D eigenvalue weighted by molar-refractivity contribution is 5.72. The molecular weight excluding hydrogens is 572 g/mol. The number of unbranched alkanes of at least 4 members (excludes halogenated alkanes) is 2. The maximum Gasteiger partial charge on any atom is 0.201 e. The van der Waals surface area contributed by atoms with Crippen LogP contribution in [0.15, 0.2) is 60.7 Å². The summed E-state index contributed by atoms with van der Waals surface area (Å²) in [6.45, 7) is 4.48. The van der Waals surface area contributed by atoms with Crippen molar-refractivity contribution in [1.82, 2.24) is 0 Å². The van der Waals surface area contributed by atoms with E-state index in [9.17, 15) is 8.78 Å². The van der Waals surface area contributed by atoms with E-state index >= 15 is 8.78 Å². The maximum atomic E-state index is 15.5. The molecule has 0 saturated heterocycles. The summed E-state index contributed by atoms with van der Waals surface area (Å²) in [5.41, 5.74) is 1.68. The molecule has 0 amide bonds. The second kappa shape index (κ2) is 16.0. The van der Waals surface area contributed by atoms with Crippen LogP contribution in [0, 0.1) is 41.0 Å². The van der Waals surface area contributed by atoms with Crippen LogP contribution >= 0.6 is 0 Å². The molecule has 0 atom stereocenters. The van der Waals surface area contributed by atoms with E-state index in [0.29, 0.717) is 29.2 Å². The average molecular weight is 621 g/mol. The molecule has 3 aromatic rings. The van der Waals surface area contributed by atoms with E-state index in [2.05, 4.69) is 26.0 Å². The van der Waals surface area contributed by atoms with Crippen LogP contribution in [0.1, 0.15) is 109 Å². The van der Waals surface area contributed by atoms with Gasteiger partial charge in [0.15, 0.2) is 23.2 Å². The second-order valence-corrected chi connectivity index (χ2v) is 13.2. The summed E-state index contributed by atoms with van der Waals surface area (Å²) in [4.78, 5) is 0. The zero-order valence-electron chi connectivity index (χ0n) is 26.9. The third-order valence-corrected chi connectivity index (χ3v) is 10.4. The standard InChI is InChI=1S/C40H48F4O/c1-3-5-7-9-27-10-12-28(13-11-27)29-14-16-30(17-15-29)33-22-23-34(38(42)37(33)41)31-18-20-32(21-19-31)35-24-25-36(40(44)39(35)43)45-26-8-6-4-2/h3,5,18-25,27-30H,4,6-17,26H2,1-2H3/b5-3+. The lowest BCUT2D eigenvalue weighted by molar-refractivity contribution is 0.156.